The zero-order valence-corrected chi connectivity index (χ0v) is 21.5. The van der Waals surface area contributed by atoms with Crippen molar-refractivity contribution in [3.63, 3.8) is 0 Å². The first kappa shape index (κ1) is 28.9. The summed E-state index contributed by atoms with van der Waals surface area (Å²) >= 11 is 0. The van der Waals surface area contributed by atoms with Crippen LogP contribution in [-0.4, -0.2) is 31.1 Å². The third-order valence-corrected chi connectivity index (χ3v) is 5.39. The quantitative estimate of drug-likeness (QED) is 0.353. The van der Waals surface area contributed by atoms with Crippen LogP contribution in [0.2, 0.25) is 0 Å². The SMILES string of the molecule is CS(=O)c1ccccc1O.CS(=O)c1ccccc1O.[Zr+2].c1cc[cH-]c1.c1cc[cH-]c1. The molecular formula is C24H26O4S2Zr. The maximum atomic E-state index is 10.8. The van der Waals surface area contributed by atoms with Gasteiger partial charge in [0, 0.05) is 12.5 Å². The van der Waals surface area contributed by atoms with Crippen molar-refractivity contribution in [2.75, 3.05) is 12.5 Å². The van der Waals surface area contributed by atoms with Crippen LogP contribution in [0.15, 0.2) is 119 Å². The maximum Gasteiger partial charge on any atom is 2.00 e. The number of hydrogen-bond donors (Lipinski definition) is 2. The Morgan fingerprint density at radius 1 is 0.581 bits per heavy atom. The van der Waals surface area contributed by atoms with Crippen LogP contribution in [0.4, 0.5) is 0 Å². The molecule has 0 saturated carbocycles. The van der Waals surface area contributed by atoms with Gasteiger partial charge in [0.1, 0.15) is 11.5 Å². The molecule has 2 atom stereocenters. The van der Waals surface area contributed by atoms with Crippen LogP contribution in [0.25, 0.3) is 0 Å². The molecule has 4 rings (SSSR count). The number of aromatic hydroxyl groups is 2. The molecule has 0 aromatic heterocycles. The summed E-state index contributed by atoms with van der Waals surface area (Å²) in [6, 6.07) is 33.2. The Kier molecular flexibility index (Phi) is 16.4. The Balaban J connectivity index is 0.000000401. The van der Waals surface area contributed by atoms with Crippen molar-refractivity contribution >= 4 is 21.6 Å². The van der Waals surface area contributed by atoms with Gasteiger partial charge in [0.15, 0.2) is 0 Å². The van der Waals surface area contributed by atoms with Crippen molar-refractivity contribution in [3.05, 3.63) is 109 Å². The smallest absolute Gasteiger partial charge is 0.507 e. The van der Waals surface area contributed by atoms with E-state index < -0.39 is 21.6 Å². The minimum absolute atomic E-state index is 0. The molecule has 4 aromatic carbocycles. The molecule has 0 amide bonds. The molecule has 4 nitrogen and oxygen atoms in total. The summed E-state index contributed by atoms with van der Waals surface area (Å²) in [5.41, 5.74) is 0. The Labute approximate surface area is 208 Å². The predicted molar refractivity (Wildman–Crippen MR) is 125 cm³/mol. The molecular weight excluding hydrogens is 508 g/mol. The van der Waals surface area contributed by atoms with E-state index in [9.17, 15) is 8.42 Å². The third-order valence-electron chi connectivity index (χ3n) is 3.46. The summed E-state index contributed by atoms with van der Waals surface area (Å²) in [6.45, 7) is 0. The molecule has 31 heavy (non-hydrogen) atoms. The topological polar surface area (TPSA) is 74.6 Å². The molecule has 7 heteroatoms. The molecule has 0 saturated heterocycles. The Morgan fingerprint density at radius 2 is 0.871 bits per heavy atom. The fourth-order valence-corrected chi connectivity index (χ4v) is 3.31. The van der Waals surface area contributed by atoms with E-state index in [0.29, 0.717) is 9.79 Å². The average molecular weight is 534 g/mol. The second-order valence-corrected chi connectivity index (χ2v) is 8.46. The van der Waals surface area contributed by atoms with Gasteiger partial charge in [-0.15, -0.1) is 0 Å². The molecule has 0 fully saturated rings. The Bertz CT molecular complexity index is 868. The van der Waals surface area contributed by atoms with Crippen molar-refractivity contribution < 1.29 is 44.8 Å². The summed E-state index contributed by atoms with van der Waals surface area (Å²) in [4.78, 5) is 0.977. The molecule has 162 valence electrons. The zero-order valence-electron chi connectivity index (χ0n) is 17.4. The van der Waals surface area contributed by atoms with Gasteiger partial charge in [-0.05, 0) is 24.3 Å². The van der Waals surface area contributed by atoms with Crippen molar-refractivity contribution in [2.24, 2.45) is 0 Å². The van der Waals surface area contributed by atoms with Gasteiger partial charge in [-0.3, -0.25) is 8.42 Å². The van der Waals surface area contributed by atoms with Gasteiger partial charge in [-0.1, -0.05) is 24.3 Å². The van der Waals surface area contributed by atoms with Gasteiger partial charge in [0.2, 0.25) is 0 Å². The first-order chi connectivity index (χ1) is 14.4. The number of rotatable bonds is 2. The second kappa shape index (κ2) is 17.6. The normalized spacial score (nSPS) is 10.9. The molecule has 4 aromatic rings. The van der Waals surface area contributed by atoms with Crippen LogP contribution in [0, 0.1) is 0 Å². The number of hydrogen-bond acceptors (Lipinski definition) is 4. The first-order valence-corrected chi connectivity index (χ1v) is 12.1. The van der Waals surface area contributed by atoms with Crippen LogP contribution in [0.1, 0.15) is 0 Å². The molecule has 0 heterocycles. The van der Waals surface area contributed by atoms with Gasteiger partial charge in [-0.2, -0.15) is 36.4 Å². The average Bonchev–Trinajstić information content (AvgIpc) is 3.47. The second-order valence-electron chi connectivity index (χ2n) is 5.77. The van der Waals surface area contributed by atoms with Crippen LogP contribution in [-0.2, 0) is 47.8 Å². The van der Waals surface area contributed by atoms with Crippen molar-refractivity contribution in [1.29, 1.82) is 0 Å². The number of para-hydroxylation sites is 2. The van der Waals surface area contributed by atoms with Gasteiger partial charge in [0.05, 0.1) is 31.4 Å². The van der Waals surface area contributed by atoms with E-state index >= 15 is 0 Å². The molecule has 0 radical (unpaired) electrons. The summed E-state index contributed by atoms with van der Waals surface area (Å²) < 4.78 is 21.6. The number of phenols is 2. The standard InChI is InChI=1S/2C7H8O2S.2C5H5.Zr/c2*1-10(9)7-5-3-2-4-6(7)8;2*1-2-4-5-3-1;/h2*2-5,8H,1H3;2*1-5H;/q;;2*-1;+2. The van der Waals surface area contributed by atoms with E-state index in [4.69, 9.17) is 10.2 Å². The van der Waals surface area contributed by atoms with Crippen molar-refractivity contribution in [1.82, 2.24) is 0 Å². The Morgan fingerprint density at radius 3 is 1.03 bits per heavy atom. The zero-order chi connectivity index (χ0) is 22.2. The predicted octanol–water partition coefficient (Wildman–Crippen LogP) is 5.07. The fraction of sp³-hybridized carbons (Fsp3) is 0.0833. The van der Waals surface area contributed by atoms with Gasteiger partial charge in [-0.25, -0.2) is 24.3 Å². The molecule has 0 aliphatic carbocycles. The van der Waals surface area contributed by atoms with Crippen molar-refractivity contribution in [3.8, 4) is 11.5 Å². The van der Waals surface area contributed by atoms with Crippen LogP contribution in [0.3, 0.4) is 0 Å². The number of benzene rings is 2. The van der Waals surface area contributed by atoms with Crippen molar-refractivity contribution in [2.45, 2.75) is 9.79 Å². The molecule has 2 N–H and O–H groups in total. The van der Waals surface area contributed by atoms with E-state index in [-0.39, 0.29) is 37.7 Å². The number of phenolic OH excluding ortho intramolecular Hbond substituents is 2. The minimum Gasteiger partial charge on any atom is -0.507 e. The minimum atomic E-state index is -1.09. The third kappa shape index (κ3) is 13.0. The van der Waals surface area contributed by atoms with Crippen LogP contribution >= 0.6 is 0 Å². The summed E-state index contributed by atoms with van der Waals surface area (Å²) in [7, 11) is -2.18. The molecule has 0 spiro atoms. The molecule has 2 unspecified atom stereocenters. The van der Waals surface area contributed by atoms with Crippen LogP contribution in [0.5, 0.6) is 11.5 Å². The Hall–Kier alpha value is -2.08. The van der Waals surface area contributed by atoms with E-state index in [2.05, 4.69) is 0 Å². The maximum absolute atomic E-state index is 10.8. The monoisotopic (exact) mass is 532 g/mol. The van der Waals surface area contributed by atoms with E-state index in [1.165, 1.54) is 24.6 Å². The largest absolute Gasteiger partial charge is 2.00 e. The summed E-state index contributed by atoms with van der Waals surface area (Å²) in [5.74, 6) is 0.201. The van der Waals surface area contributed by atoms with Gasteiger partial charge < -0.3 is 10.2 Å². The van der Waals surface area contributed by atoms with E-state index in [1.54, 1.807) is 36.4 Å². The molecule has 0 aliphatic rings. The van der Waals surface area contributed by atoms with Crippen LogP contribution < -0.4 is 0 Å². The van der Waals surface area contributed by atoms with Gasteiger partial charge in [0.25, 0.3) is 0 Å². The molecule has 0 aliphatic heterocycles. The first-order valence-electron chi connectivity index (χ1n) is 8.99. The molecule has 0 bridgehead atoms. The summed E-state index contributed by atoms with van der Waals surface area (Å²) in [5, 5.41) is 18.2. The fourth-order valence-electron chi connectivity index (χ4n) is 2.04. The summed E-state index contributed by atoms with van der Waals surface area (Å²) in [6.07, 6.45) is 3.07. The van der Waals surface area contributed by atoms with E-state index in [1.807, 2.05) is 60.7 Å². The van der Waals surface area contributed by atoms with Gasteiger partial charge >= 0.3 is 26.2 Å². The van der Waals surface area contributed by atoms with E-state index in [0.717, 1.165) is 0 Å².